The van der Waals surface area contributed by atoms with Crippen LogP contribution in [0.5, 0.6) is 5.75 Å². The summed E-state index contributed by atoms with van der Waals surface area (Å²) in [5.41, 5.74) is 1.60. The number of thiazole rings is 2. The third-order valence-electron chi connectivity index (χ3n) is 3.90. The molecule has 9 heteroatoms. The van der Waals surface area contributed by atoms with Crippen LogP contribution in [0.15, 0.2) is 29.6 Å². The first-order valence-corrected chi connectivity index (χ1v) is 10.4. The van der Waals surface area contributed by atoms with Crippen LogP contribution in [0.4, 0.5) is 13.9 Å². The SMILES string of the molecule is CCCCc1nc(C)c(C(=O)Nc2nc(-c3ccccc3OC(F)F)cs2)s1. The van der Waals surface area contributed by atoms with Crippen molar-refractivity contribution in [3.8, 4) is 17.0 Å². The first kappa shape index (κ1) is 20.3. The Morgan fingerprint density at radius 3 is 2.82 bits per heavy atom. The lowest BCUT2D eigenvalue weighted by atomic mass is 10.1. The molecular weight excluding hydrogens is 404 g/mol. The molecule has 0 bridgehead atoms. The van der Waals surface area contributed by atoms with Crippen LogP contribution in [0.1, 0.15) is 40.1 Å². The van der Waals surface area contributed by atoms with Crippen molar-refractivity contribution in [1.82, 2.24) is 9.97 Å². The van der Waals surface area contributed by atoms with Gasteiger partial charge in [0.05, 0.1) is 16.4 Å². The van der Waals surface area contributed by atoms with Crippen LogP contribution < -0.4 is 10.1 Å². The summed E-state index contributed by atoms with van der Waals surface area (Å²) in [7, 11) is 0. The zero-order valence-electron chi connectivity index (χ0n) is 15.4. The summed E-state index contributed by atoms with van der Waals surface area (Å²) in [5, 5.41) is 5.79. The third kappa shape index (κ3) is 4.90. The van der Waals surface area contributed by atoms with Gasteiger partial charge in [0.1, 0.15) is 10.6 Å². The molecule has 2 aromatic heterocycles. The summed E-state index contributed by atoms with van der Waals surface area (Å²) in [6.07, 6.45) is 2.96. The Bertz CT molecular complexity index is 956. The van der Waals surface area contributed by atoms with Gasteiger partial charge in [-0.1, -0.05) is 25.5 Å². The molecule has 3 aromatic rings. The molecule has 0 aliphatic carbocycles. The van der Waals surface area contributed by atoms with E-state index >= 15 is 0 Å². The first-order chi connectivity index (χ1) is 13.5. The van der Waals surface area contributed by atoms with Crippen molar-refractivity contribution in [1.29, 1.82) is 0 Å². The minimum absolute atomic E-state index is 0.0412. The maximum atomic E-state index is 12.6. The molecule has 2 heterocycles. The van der Waals surface area contributed by atoms with Crippen molar-refractivity contribution in [2.75, 3.05) is 5.32 Å². The molecule has 1 N–H and O–H groups in total. The van der Waals surface area contributed by atoms with Gasteiger partial charge in [-0.25, -0.2) is 9.97 Å². The summed E-state index contributed by atoms with van der Waals surface area (Å²) in [6.45, 7) is 1.00. The van der Waals surface area contributed by atoms with Crippen LogP contribution in [-0.4, -0.2) is 22.5 Å². The van der Waals surface area contributed by atoms with Gasteiger partial charge in [0.2, 0.25) is 0 Å². The summed E-state index contributed by atoms with van der Waals surface area (Å²) >= 11 is 2.61. The maximum absolute atomic E-state index is 12.6. The number of para-hydroxylation sites is 1. The van der Waals surface area contributed by atoms with Crippen LogP contribution in [-0.2, 0) is 6.42 Å². The zero-order chi connectivity index (χ0) is 20.1. The molecule has 1 amide bonds. The monoisotopic (exact) mass is 423 g/mol. The Hall–Kier alpha value is -2.39. The van der Waals surface area contributed by atoms with Gasteiger partial charge < -0.3 is 4.74 Å². The number of rotatable bonds is 8. The number of nitrogens with one attached hydrogen (secondary N) is 1. The standard InChI is InChI=1S/C19H19F2N3O2S2/c1-3-4-9-15-22-11(2)16(28-15)17(25)24-19-23-13(10-27-19)12-7-5-6-8-14(12)26-18(20)21/h5-8,10,18H,3-4,9H2,1-2H3,(H,23,24,25). The number of carbonyl (C=O) groups excluding carboxylic acids is 1. The number of unbranched alkanes of at least 4 members (excludes halogenated alkanes) is 1. The average Bonchev–Trinajstić information content (AvgIpc) is 3.26. The number of anilines is 1. The zero-order valence-corrected chi connectivity index (χ0v) is 17.0. The second-order valence-corrected chi connectivity index (χ2v) is 7.93. The number of alkyl halides is 2. The Balaban J connectivity index is 1.75. The number of amides is 1. The lowest BCUT2D eigenvalue weighted by Crippen LogP contribution is -2.11. The molecule has 0 aliphatic heterocycles. The van der Waals surface area contributed by atoms with Crippen molar-refractivity contribution in [3.63, 3.8) is 0 Å². The van der Waals surface area contributed by atoms with E-state index in [1.165, 1.54) is 28.7 Å². The lowest BCUT2D eigenvalue weighted by Gasteiger charge is -2.08. The highest BCUT2D eigenvalue weighted by atomic mass is 32.1. The van der Waals surface area contributed by atoms with Crippen LogP contribution in [0, 0.1) is 6.92 Å². The molecule has 0 saturated heterocycles. The number of carbonyl (C=O) groups is 1. The quantitative estimate of drug-likeness (QED) is 0.499. The van der Waals surface area contributed by atoms with Gasteiger partial charge in [0.25, 0.3) is 5.91 Å². The highest BCUT2D eigenvalue weighted by molar-refractivity contribution is 7.15. The predicted molar refractivity (Wildman–Crippen MR) is 108 cm³/mol. The number of halogens is 2. The van der Waals surface area contributed by atoms with Gasteiger partial charge in [-0.2, -0.15) is 8.78 Å². The number of hydrogen-bond donors (Lipinski definition) is 1. The fraction of sp³-hybridized carbons (Fsp3) is 0.316. The van der Waals surface area contributed by atoms with E-state index in [0.29, 0.717) is 27.0 Å². The molecular formula is C19H19F2N3O2S2. The van der Waals surface area contributed by atoms with Crippen LogP contribution >= 0.6 is 22.7 Å². The van der Waals surface area contributed by atoms with Crippen LogP contribution in [0.25, 0.3) is 11.3 Å². The fourth-order valence-corrected chi connectivity index (χ4v) is 4.29. The first-order valence-electron chi connectivity index (χ1n) is 8.75. The minimum Gasteiger partial charge on any atom is -0.434 e. The van der Waals surface area contributed by atoms with Crippen molar-refractivity contribution in [2.24, 2.45) is 0 Å². The molecule has 0 unspecified atom stereocenters. The van der Waals surface area contributed by atoms with Crippen molar-refractivity contribution >= 4 is 33.7 Å². The van der Waals surface area contributed by atoms with Gasteiger partial charge in [0.15, 0.2) is 5.13 Å². The van der Waals surface area contributed by atoms with E-state index in [4.69, 9.17) is 0 Å². The molecule has 0 atom stereocenters. The Morgan fingerprint density at radius 1 is 1.29 bits per heavy atom. The van der Waals surface area contributed by atoms with E-state index in [1.807, 2.05) is 6.92 Å². The van der Waals surface area contributed by atoms with Gasteiger partial charge in [-0.15, -0.1) is 22.7 Å². The largest absolute Gasteiger partial charge is 0.434 e. The number of benzene rings is 1. The highest BCUT2D eigenvalue weighted by Gasteiger charge is 2.18. The molecule has 3 rings (SSSR count). The molecule has 0 spiro atoms. The number of aryl methyl sites for hydroxylation is 2. The number of ether oxygens (including phenoxy) is 1. The smallest absolute Gasteiger partial charge is 0.387 e. The molecule has 0 radical (unpaired) electrons. The van der Waals surface area contributed by atoms with E-state index < -0.39 is 6.61 Å². The van der Waals surface area contributed by atoms with E-state index in [0.717, 1.165) is 24.3 Å². The molecule has 28 heavy (non-hydrogen) atoms. The summed E-state index contributed by atoms with van der Waals surface area (Å²) < 4.78 is 29.7. The molecule has 0 fully saturated rings. The Labute approximate surface area is 169 Å². The van der Waals surface area contributed by atoms with Crippen LogP contribution in [0.2, 0.25) is 0 Å². The van der Waals surface area contributed by atoms with E-state index in [2.05, 4.69) is 26.9 Å². The van der Waals surface area contributed by atoms with Crippen molar-refractivity contribution < 1.29 is 18.3 Å². The third-order valence-corrected chi connectivity index (χ3v) is 5.87. The van der Waals surface area contributed by atoms with Gasteiger partial charge in [0, 0.05) is 10.9 Å². The van der Waals surface area contributed by atoms with Gasteiger partial charge in [-0.05, 0) is 31.9 Å². The molecule has 5 nitrogen and oxygen atoms in total. The highest BCUT2D eigenvalue weighted by Crippen LogP contribution is 2.33. The maximum Gasteiger partial charge on any atom is 0.387 e. The van der Waals surface area contributed by atoms with Gasteiger partial charge >= 0.3 is 6.61 Å². The second kappa shape index (κ2) is 9.20. The Morgan fingerprint density at radius 2 is 2.07 bits per heavy atom. The molecule has 0 aliphatic rings. The molecule has 1 aromatic carbocycles. The summed E-state index contributed by atoms with van der Waals surface area (Å²) in [6, 6.07) is 6.42. The number of nitrogens with zero attached hydrogens (tertiary/aromatic N) is 2. The van der Waals surface area contributed by atoms with Crippen molar-refractivity contribution in [3.05, 3.63) is 45.2 Å². The molecule has 0 saturated carbocycles. The molecule has 148 valence electrons. The topological polar surface area (TPSA) is 64.1 Å². The van der Waals surface area contributed by atoms with E-state index in [-0.39, 0.29) is 11.7 Å². The summed E-state index contributed by atoms with van der Waals surface area (Å²) in [4.78, 5) is 21.9. The van der Waals surface area contributed by atoms with E-state index in [1.54, 1.807) is 23.6 Å². The summed E-state index contributed by atoms with van der Waals surface area (Å²) in [5.74, 6) is -0.227. The van der Waals surface area contributed by atoms with Crippen LogP contribution in [0.3, 0.4) is 0 Å². The lowest BCUT2D eigenvalue weighted by molar-refractivity contribution is -0.0494. The van der Waals surface area contributed by atoms with Gasteiger partial charge in [-0.3, -0.25) is 10.1 Å². The number of hydrogen-bond acceptors (Lipinski definition) is 6. The number of aromatic nitrogens is 2. The minimum atomic E-state index is -2.92. The normalized spacial score (nSPS) is 11.0. The van der Waals surface area contributed by atoms with E-state index in [9.17, 15) is 13.6 Å². The van der Waals surface area contributed by atoms with Crippen molar-refractivity contribution in [2.45, 2.75) is 39.7 Å². The second-order valence-electron chi connectivity index (χ2n) is 5.99. The average molecular weight is 424 g/mol. The fourth-order valence-electron chi connectivity index (χ4n) is 2.58. The Kier molecular flexibility index (Phi) is 6.69. The predicted octanol–water partition coefficient (Wildman–Crippen LogP) is 5.77.